The average molecular weight is 421 g/mol. The largest absolute Gasteiger partial charge is 0.493 e. The van der Waals surface area contributed by atoms with E-state index in [-0.39, 0.29) is 24.0 Å². The summed E-state index contributed by atoms with van der Waals surface area (Å²) in [6.07, 6.45) is 2.05. The van der Waals surface area contributed by atoms with Gasteiger partial charge in [-0.15, -0.1) is 0 Å². The van der Waals surface area contributed by atoms with E-state index in [0.29, 0.717) is 18.0 Å². The number of nitrogens with zero attached hydrogens (tertiary/aromatic N) is 3. The summed E-state index contributed by atoms with van der Waals surface area (Å²) < 4.78 is 12.4. The third-order valence-electron chi connectivity index (χ3n) is 5.60. The van der Waals surface area contributed by atoms with E-state index in [4.69, 9.17) is 9.47 Å². The molecule has 3 aromatic rings. The van der Waals surface area contributed by atoms with Crippen LogP contribution in [0.3, 0.4) is 0 Å². The molecule has 0 saturated carbocycles. The SMILES string of the molecule is COc1cc2c(cc1OC)[C@H](c1ccccc1)N(Cn1cc([N+](=O)[O-])ccc1=O)CC2. The fraction of sp³-hybridized carbons (Fsp3) is 0.261. The Morgan fingerprint density at radius 3 is 2.45 bits per heavy atom. The number of pyridine rings is 1. The summed E-state index contributed by atoms with van der Waals surface area (Å²) in [5.74, 6) is 1.31. The molecule has 1 atom stereocenters. The van der Waals surface area contributed by atoms with Gasteiger partial charge in [0.25, 0.3) is 11.2 Å². The zero-order chi connectivity index (χ0) is 22.0. The molecule has 0 spiro atoms. The Balaban J connectivity index is 1.80. The van der Waals surface area contributed by atoms with Crippen LogP contribution in [0.4, 0.5) is 5.69 Å². The lowest BCUT2D eigenvalue weighted by Gasteiger charge is -2.38. The summed E-state index contributed by atoms with van der Waals surface area (Å²) in [4.78, 5) is 25.3. The highest BCUT2D eigenvalue weighted by atomic mass is 16.6. The van der Waals surface area contributed by atoms with Crippen LogP contribution in [-0.4, -0.2) is 35.2 Å². The van der Waals surface area contributed by atoms with Crippen molar-refractivity contribution in [2.75, 3.05) is 20.8 Å². The normalized spacial score (nSPS) is 15.9. The van der Waals surface area contributed by atoms with Crippen molar-refractivity contribution in [1.29, 1.82) is 0 Å². The molecule has 0 unspecified atom stereocenters. The molecule has 1 aromatic heterocycles. The number of hydrogen-bond donors (Lipinski definition) is 0. The highest BCUT2D eigenvalue weighted by Crippen LogP contribution is 2.41. The maximum absolute atomic E-state index is 12.4. The summed E-state index contributed by atoms with van der Waals surface area (Å²) in [6, 6.07) is 16.3. The number of nitro groups is 1. The second-order valence-electron chi connectivity index (χ2n) is 7.38. The summed E-state index contributed by atoms with van der Waals surface area (Å²) in [5.41, 5.74) is 2.88. The molecule has 0 N–H and O–H groups in total. The Hall–Kier alpha value is -3.65. The molecule has 1 aliphatic heterocycles. The highest BCUT2D eigenvalue weighted by molar-refractivity contribution is 5.51. The fourth-order valence-electron chi connectivity index (χ4n) is 4.11. The number of rotatable bonds is 6. The van der Waals surface area contributed by atoms with E-state index >= 15 is 0 Å². The van der Waals surface area contributed by atoms with Crippen LogP contribution in [0.25, 0.3) is 0 Å². The Kier molecular flexibility index (Phi) is 5.73. The smallest absolute Gasteiger partial charge is 0.285 e. The van der Waals surface area contributed by atoms with Crippen LogP contribution in [0.5, 0.6) is 11.5 Å². The minimum absolute atomic E-state index is 0.111. The second-order valence-corrected chi connectivity index (χ2v) is 7.38. The Morgan fingerprint density at radius 2 is 1.77 bits per heavy atom. The Labute approximate surface area is 179 Å². The van der Waals surface area contributed by atoms with Crippen molar-refractivity contribution in [3.8, 4) is 11.5 Å². The first kappa shape index (κ1) is 20.6. The lowest BCUT2D eigenvalue weighted by Crippen LogP contribution is -2.39. The molecule has 2 aromatic carbocycles. The van der Waals surface area contributed by atoms with Gasteiger partial charge in [0.2, 0.25) is 0 Å². The molecule has 0 saturated heterocycles. The van der Waals surface area contributed by atoms with E-state index in [2.05, 4.69) is 4.90 Å². The molecule has 4 rings (SSSR count). The summed E-state index contributed by atoms with van der Waals surface area (Å²) in [7, 11) is 3.22. The third-order valence-corrected chi connectivity index (χ3v) is 5.60. The maximum Gasteiger partial charge on any atom is 0.285 e. The van der Waals surface area contributed by atoms with Crippen molar-refractivity contribution in [2.24, 2.45) is 0 Å². The van der Waals surface area contributed by atoms with E-state index in [1.54, 1.807) is 14.2 Å². The van der Waals surface area contributed by atoms with Crippen LogP contribution in [0.15, 0.2) is 65.6 Å². The molecule has 160 valence electrons. The van der Waals surface area contributed by atoms with Gasteiger partial charge in [-0.2, -0.15) is 0 Å². The van der Waals surface area contributed by atoms with Gasteiger partial charge in [0, 0.05) is 18.7 Å². The standard InChI is InChI=1S/C23H23N3O5/c1-30-20-12-17-10-11-24(15-25-14-18(26(28)29)8-9-22(25)27)23(16-6-4-3-5-7-16)19(17)13-21(20)31-2/h3-9,12-14,23H,10-11,15H2,1-2H3/t23-/m0/s1. The van der Waals surface area contributed by atoms with Crippen molar-refractivity contribution in [2.45, 2.75) is 19.1 Å². The van der Waals surface area contributed by atoms with E-state index < -0.39 is 4.92 Å². The molecule has 0 amide bonds. The van der Waals surface area contributed by atoms with E-state index in [1.165, 1.54) is 22.9 Å². The summed E-state index contributed by atoms with van der Waals surface area (Å²) in [6.45, 7) is 0.908. The van der Waals surface area contributed by atoms with Crippen molar-refractivity contribution in [3.63, 3.8) is 0 Å². The number of benzene rings is 2. The van der Waals surface area contributed by atoms with Gasteiger partial charge in [0.15, 0.2) is 11.5 Å². The van der Waals surface area contributed by atoms with Crippen LogP contribution >= 0.6 is 0 Å². The molecule has 31 heavy (non-hydrogen) atoms. The summed E-state index contributed by atoms with van der Waals surface area (Å²) in [5, 5.41) is 11.2. The first-order chi connectivity index (χ1) is 15.0. The van der Waals surface area contributed by atoms with Gasteiger partial charge in [-0.25, -0.2) is 0 Å². The zero-order valence-electron chi connectivity index (χ0n) is 17.4. The number of hydrogen-bond acceptors (Lipinski definition) is 6. The fourth-order valence-corrected chi connectivity index (χ4v) is 4.11. The zero-order valence-corrected chi connectivity index (χ0v) is 17.4. The minimum atomic E-state index is -0.493. The topological polar surface area (TPSA) is 86.8 Å². The molecule has 2 heterocycles. The van der Waals surface area contributed by atoms with Gasteiger partial charge in [0.05, 0.1) is 38.1 Å². The molecule has 8 nitrogen and oxygen atoms in total. The van der Waals surface area contributed by atoms with Crippen LogP contribution in [0.2, 0.25) is 0 Å². The van der Waals surface area contributed by atoms with Gasteiger partial charge in [-0.3, -0.25) is 24.4 Å². The number of fused-ring (bicyclic) bond motifs is 1. The van der Waals surface area contributed by atoms with Gasteiger partial charge in [-0.05, 0) is 35.2 Å². The highest BCUT2D eigenvalue weighted by Gasteiger charge is 2.30. The van der Waals surface area contributed by atoms with Crippen molar-refractivity contribution in [1.82, 2.24) is 9.47 Å². The molecular weight excluding hydrogens is 398 g/mol. The predicted molar refractivity (Wildman–Crippen MR) is 116 cm³/mol. The first-order valence-corrected chi connectivity index (χ1v) is 9.90. The average Bonchev–Trinajstić information content (AvgIpc) is 2.79. The molecule has 0 aliphatic carbocycles. The Morgan fingerprint density at radius 1 is 1.06 bits per heavy atom. The van der Waals surface area contributed by atoms with E-state index in [1.807, 2.05) is 42.5 Å². The number of ether oxygens (including phenoxy) is 2. The molecule has 1 aliphatic rings. The maximum atomic E-state index is 12.4. The van der Waals surface area contributed by atoms with Crippen molar-refractivity contribution < 1.29 is 14.4 Å². The number of aromatic nitrogens is 1. The number of methoxy groups -OCH3 is 2. The van der Waals surface area contributed by atoms with Crippen molar-refractivity contribution in [3.05, 3.63) is 98.0 Å². The van der Waals surface area contributed by atoms with Gasteiger partial charge in [0.1, 0.15) is 0 Å². The molecule has 8 heteroatoms. The molecule has 0 bridgehead atoms. The van der Waals surface area contributed by atoms with E-state index in [9.17, 15) is 14.9 Å². The Bertz CT molecular complexity index is 1160. The monoisotopic (exact) mass is 421 g/mol. The first-order valence-electron chi connectivity index (χ1n) is 9.90. The summed E-state index contributed by atoms with van der Waals surface area (Å²) >= 11 is 0. The van der Waals surface area contributed by atoms with E-state index in [0.717, 1.165) is 23.1 Å². The van der Waals surface area contributed by atoms with Crippen LogP contribution < -0.4 is 15.0 Å². The lowest BCUT2D eigenvalue weighted by atomic mass is 9.88. The van der Waals surface area contributed by atoms with Crippen LogP contribution in [0, 0.1) is 10.1 Å². The third kappa shape index (κ3) is 4.02. The molecular formula is C23H23N3O5. The minimum Gasteiger partial charge on any atom is -0.493 e. The van der Waals surface area contributed by atoms with Gasteiger partial charge < -0.3 is 9.47 Å². The molecule has 0 radical (unpaired) electrons. The quantitative estimate of drug-likeness (QED) is 0.448. The van der Waals surface area contributed by atoms with Crippen molar-refractivity contribution >= 4 is 5.69 Å². The lowest BCUT2D eigenvalue weighted by molar-refractivity contribution is -0.385. The van der Waals surface area contributed by atoms with Crippen LogP contribution in [-0.2, 0) is 13.1 Å². The van der Waals surface area contributed by atoms with Gasteiger partial charge >= 0.3 is 0 Å². The second kappa shape index (κ2) is 8.61. The predicted octanol–water partition coefficient (Wildman–Crippen LogP) is 3.38. The molecule has 0 fully saturated rings. The van der Waals surface area contributed by atoms with Gasteiger partial charge in [-0.1, -0.05) is 30.3 Å². The van der Waals surface area contributed by atoms with Crippen LogP contribution in [0.1, 0.15) is 22.7 Å².